The normalized spacial score (nSPS) is 21.2. The quantitative estimate of drug-likeness (QED) is 0.207. The molecule has 0 bridgehead atoms. The number of carbonyl (C=O) groups excluding carboxylic acids is 2. The molecule has 4 nitrogen and oxygen atoms in total. The van der Waals surface area contributed by atoms with Gasteiger partial charge in [-0.2, -0.15) is 0 Å². The molecule has 2 amide bonds. The lowest BCUT2D eigenvalue weighted by molar-refractivity contribution is -0.125. The number of nitrogens with zero attached hydrogens (tertiary/aromatic N) is 2. The summed E-state index contributed by atoms with van der Waals surface area (Å²) in [6.45, 7) is 10.2. The van der Waals surface area contributed by atoms with Gasteiger partial charge in [-0.25, -0.2) is 0 Å². The van der Waals surface area contributed by atoms with E-state index in [1.54, 1.807) is 23.1 Å². The third kappa shape index (κ3) is 6.18. The molecule has 0 N–H and O–H groups in total. The number of carbonyl (C=O) groups is 2. The maximum Gasteiger partial charge on any atom is 0.261 e. The SMILES string of the molecule is CCCCC(CC)CN1C(=O)C2=C(C3CC=C(Br)S3)N(CC(CC)CCCC)C(=O)C2=C1c1ccc(S)s1. The number of amides is 2. The van der Waals surface area contributed by atoms with Crippen molar-refractivity contribution in [2.45, 2.75) is 94.9 Å². The largest absolute Gasteiger partial charge is 0.310 e. The summed E-state index contributed by atoms with van der Waals surface area (Å²) in [7, 11) is 0. The molecule has 3 unspecified atom stereocenters. The van der Waals surface area contributed by atoms with E-state index >= 15 is 0 Å². The van der Waals surface area contributed by atoms with Crippen LogP contribution in [0.5, 0.6) is 0 Å². The van der Waals surface area contributed by atoms with Gasteiger partial charge in [0.05, 0.1) is 31.2 Å². The Hall–Kier alpha value is -0.960. The molecule has 4 heterocycles. The molecule has 4 rings (SSSR count). The lowest BCUT2D eigenvalue weighted by Gasteiger charge is -2.30. The Balaban J connectivity index is 1.81. The fraction of sp³-hybridized carbons (Fsp3) is 0.600. The van der Waals surface area contributed by atoms with E-state index < -0.39 is 0 Å². The Labute approximate surface area is 250 Å². The summed E-state index contributed by atoms with van der Waals surface area (Å²) in [5, 5.41) is 0.0699. The van der Waals surface area contributed by atoms with Gasteiger partial charge >= 0.3 is 0 Å². The number of unbranched alkanes of at least 4 members (excludes halogenated alkanes) is 2. The first-order valence-electron chi connectivity index (χ1n) is 14.3. The van der Waals surface area contributed by atoms with Crippen molar-refractivity contribution in [3.63, 3.8) is 0 Å². The Morgan fingerprint density at radius 1 is 0.947 bits per heavy atom. The Morgan fingerprint density at radius 2 is 1.55 bits per heavy atom. The van der Waals surface area contributed by atoms with Crippen LogP contribution in [-0.2, 0) is 9.59 Å². The molecule has 3 atom stereocenters. The first-order chi connectivity index (χ1) is 18.3. The topological polar surface area (TPSA) is 40.6 Å². The summed E-state index contributed by atoms with van der Waals surface area (Å²) in [6.07, 6.45) is 11.9. The van der Waals surface area contributed by atoms with Gasteiger partial charge in [-0.1, -0.05) is 72.3 Å². The molecule has 0 aliphatic carbocycles. The van der Waals surface area contributed by atoms with E-state index in [9.17, 15) is 9.59 Å². The number of fused-ring (bicyclic) bond motifs is 1. The van der Waals surface area contributed by atoms with Crippen LogP contribution in [0.3, 0.4) is 0 Å². The number of hydrogen-bond acceptors (Lipinski definition) is 5. The lowest BCUT2D eigenvalue weighted by atomic mass is 9.98. The second-order valence-corrected chi connectivity index (χ2v) is 15.1. The van der Waals surface area contributed by atoms with Crippen LogP contribution in [0.4, 0.5) is 0 Å². The summed E-state index contributed by atoms with van der Waals surface area (Å²) in [5.74, 6) is 0.857. The Morgan fingerprint density at radius 3 is 2.05 bits per heavy atom. The molecule has 208 valence electrons. The van der Waals surface area contributed by atoms with Gasteiger partial charge in [0, 0.05) is 22.6 Å². The van der Waals surface area contributed by atoms with Crippen molar-refractivity contribution in [1.29, 1.82) is 0 Å². The second-order valence-electron chi connectivity index (χ2n) is 10.6. The molecule has 0 saturated carbocycles. The minimum absolute atomic E-state index is 0.00939. The van der Waals surface area contributed by atoms with E-state index in [2.05, 4.69) is 62.3 Å². The van der Waals surface area contributed by atoms with Gasteiger partial charge in [-0.3, -0.25) is 9.59 Å². The van der Waals surface area contributed by atoms with Crippen LogP contribution >= 0.6 is 51.7 Å². The van der Waals surface area contributed by atoms with E-state index in [0.717, 1.165) is 82.1 Å². The molecule has 0 aromatic carbocycles. The fourth-order valence-electron chi connectivity index (χ4n) is 5.77. The molecule has 0 saturated heterocycles. The highest BCUT2D eigenvalue weighted by Crippen LogP contribution is 2.51. The summed E-state index contributed by atoms with van der Waals surface area (Å²) in [4.78, 5) is 33.6. The van der Waals surface area contributed by atoms with Gasteiger partial charge in [0.1, 0.15) is 0 Å². The van der Waals surface area contributed by atoms with Crippen molar-refractivity contribution < 1.29 is 9.59 Å². The van der Waals surface area contributed by atoms with Crippen LogP contribution in [0.1, 0.15) is 90.4 Å². The molecule has 0 spiro atoms. The number of halogens is 1. The molecule has 1 aromatic rings. The molecule has 0 radical (unpaired) electrons. The van der Waals surface area contributed by atoms with Crippen molar-refractivity contribution in [3.8, 4) is 0 Å². The summed E-state index contributed by atoms with van der Waals surface area (Å²) >= 11 is 11.5. The smallest absolute Gasteiger partial charge is 0.261 e. The van der Waals surface area contributed by atoms with Crippen LogP contribution in [-0.4, -0.2) is 40.0 Å². The van der Waals surface area contributed by atoms with Crippen LogP contribution in [0.2, 0.25) is 0 Å². The maximum atomic E-state index is 14.4. The van der Waals surface area contributed by atoms with Crippen molar-refractivity contribution >= 4 is 69.2 Å². The number of thiophene rings is 1. The van der Waals surface area contributed by atoms with Crippen molar-refractivity contribution in [2.75, 3.05) is 13.1 Å². The van der Waals surface area contributed by atoms with Crippen LogP contribution in [0, 0.1) is 11.8 Å². The van der Waals surface area contributed by atoms with Crippen LogP contribution < -0.4 is 0 Å². The Bertz CT molecular complexity index is 1140. The predicted octanol–water partition coefficient (Wildman–Crippen LogP) is 8.86. The van der Waals surface area contributed by atoms with Gasteiger partial charge in [0.15, 0.2) is 0 Å². The number of allylic oxidation sites excluding steroid dienone is 1. The first kappa shape index (κ1) is 30.0. The second kappa shape index (κ2) is 13.6. The Kier molecular flexibility index (Phi) is 10.7. The highest BCUT2D eigenvalue weighted by Gasteiger charge is 2.51. The van der Waals surface area contributed by atoms with Crippen molar-refractivity contribution in [2.24, 2.45) is 11.8 Å². The standard InChI is InChI=1S/C30H41BrN2O2S3/c1-5-9-11-19(7-3)17-32-27(21-13-15-23(31)37-21)25-26(30(32)35)28(22-14-16-24(36)38-22)33(29(25)34)18-20(8-4)12-10-6-2/h14-16,19-21,36H,5-13,17-18H2,1-4H3. The molecule has 3 aliphatic heterocycles. The lowest BCUT2D eigenvalue weighted by Crippen LogP contribution is -2.37. The van der Waals surface area contributed by atoms with E-state index in [1.807, 2.05) is 21.9 Å². The number of thioether (sulfide) groups is 1. The van der Waals surface area contributed by atoms with Crippen molar-refractivity contribution in [3.05, 3.63) is 43.7 Å². The molecule has 3 aliphatic rings. The monoisotopic (exact) mass is 636 g/mol. The average molecular weight is 638 g/mol. The van der Waals surface area contributed by atoms with E-state index in [-0.39, 0.29) is 17.1 Å². The molecular formula is C30H41BrN2O2S3. The zero-order valence-electron chi connectivity index (χ0n) is 23.1. The molecule has 1 aromatic heterocycles. The van der Waals surface area contributed by atoms with Gasteiger partial charge in [-0.15, -0.1) is 35.7 Å². The minimum Gasteiger partial charge on any atom is -0.310 e. The molecule has 38 heavy (non-hydrogen) atoms. The predicted molar refractivity (Wildman–Crippen MR) is 169 cm³/mol. The van der Waals surface area contributed by atoms with Gasteiger partial charge in [0.2, 0.25) is 0 Å². The summed E-state index contributed by atoms with van der Waals surface area (Å²) in [6, 6.07) is 4.00. The van der Waals surface area contributed by atoms with Gasteiger partial charge in [0.25, 0.3) is 11.8 Å². The summed E-state index contributed by atoms with van der Waals surface area (Å²) < 4.78 is 1.98. The summed E-state index contributed by atoms with van der Waals surface area (Å²) in [5.41, 5.74) is 3.03. The van der Waals surface area contributed by atoms with Crippen LogP contribution in [0.25, 0.3) is 5.70 Å². The van der Waals surface area contributed by atoms with Gasteiger partial charge < -0.3 is 9.80 Å². The molecule has 8 heteroatoms. The first-order valence-corrected chi connectivity index (χ1v) is 17.2. The number of hydrogen-bond donors (Lipinski definition) is 1. The fourth-order valence-corrected chi connectivity index (χ4v) is 8.83. The maximum absolute atomic E-state index is 14.4. The molecular weight excluding hydrogens is 596 g/mol. The number of thiol groups is 1. The van der Waals surface area contributed by atoms with E-state index in [4.69, 9.17) is 0 Å². The van der Waals surface area contributed by atoms with Crippen LogP contribution in [0.15, 0.2) is 43.1 Å². The zero-order chi connectivity index (χ0) is 27.4. The molecule has 0 fully saturated rings. The van der Waals surface area contributed by atoms with E-state index in [1.165, 1.54) is 0 Å². The van der Waals surface area contributed by atoms with E-state index in [0.29, 0.717) is 36.1 Å². The third-order valence-corrected chi connectivity index (χ3v) is 11.4. The highest BCUT2D eigenvalue weighted by molar-refractivity contribution is 9.14. The third-order valence-electron chi connectivity index (χ3n) is 8.07. The number of rotatable bonds is 14. The van der Waals surface area contributed by atoms with Crippen molar-refractivity contribution in [1.82, 2.24) is 9.80 Å². The highest BCUT2D eigenvalue weighted by atomic mass is 79.9. The average Bonchev–Trinajstić information content (AvgIpc) is 3.66. The van der Waals surface area contributed by atoms with Gasteiger partial charge in [-0.05, 0) is 59.2 Å². The zero-order valence-corrected chi connectivity index (χ0v) is 27.2. The minimum atomic E-state index is 0.00939.